The minimum atomic E-state index is -1.53. The molecule has 3 rings (SSSR count). The van der Waals surface area contributed by atoms with Crippen molar-refractivity contribution in [3.63, 3.8) is 0 Å². The monoisotopic (exact) mass is 1710 g/mol. The molecule has 0 radical (unpaired) electrons. The maximum atomic E-state index is 15.2. The van der Waals surface area contributed by atoms with Crippen LogP contribution in [0.4, 0.5) is 0 Å². The molecule has 1 fully saturated rings. The molecule has 0 bridgehead atoms. The van der Waals surface area contributed by atoms with Crippen molar-refractivity contribution in [1.82, 2.24) is 69.1 Å². The normalized spacial score (nSPS) is 20.8. The molecule has 40 nitrogen and oxygen atoms in total. The minimum Gasteiger partial charge on any atom is -0.508 e. The summed E-state index contributed by atoms with van der Waals surface area (Å²) in [5, 5.41) is 45.1. The van der Waals surface area contributed by atoms with Crippen LogP contribution in [0.5, 0.6) is 5.75 Å². The van der Waals surface area contributed by atoms with E-state index in [0.29, 0.717) is 43.4 Å². The van der Waals surface area contributed by atoms with Crippen LogP contribution in [0.25, 0.3) is 0 Å². The highest BCUT2D eigenvalue weighted by Crippen LogP contribution is 2.19. The molecule has 1 aliphatic rings. The van der Waals surface area contributed by atoms with E-state index in [0.717, 1.165) is 11.8 Å². The van der Waals surface area contributed by atoms with Crippen molar-refractivity contribution < 1.29 is 72.2 Å². The van der Waals surface area contributed by atoms with Gasteiger partial charge in [-0.25, -0.2) is 0 Å². The van der Waals surface area contributed by atoms with E-state index in [1.807, 2.05) is 13.8 Å². The molecule has 1 heterocycles. The fourth-order valence-corrected chi connectivity index (χ4v) is 14.3. The zero-order chi connectivity index (χ0) is 88.5. The number of nitrogens with zero attached hydrogens (tertiary/aromatic N) is 3. The molecular weight excluding hydrogens is 1580 g/mol. The number of rotatable bonds is 37. The molecule has 0 spiro atoms. The van der Waals surface area contributed by atoms with Gasteiger partial charge in [-0.2, -0.15) is 11.8 Å². The van der Waals surface area contributed by atoms with Gasteiger partial charge in [0, 0.05) is 55.5 Å². The zero-order valence-corrected chi connectivity index (χ0v) is 70.7. The molecule has 664 valence electrons. The Morgan fingerprint density at radius 3 is 1.46 bits per heavy atom. The van der Waals surface area contributed by atoms with Crippen molar-refractivity contribution in [3.8, 4) is 5.75 Å². The van der Waals surface area contributed by atoms with E-state index in [2.05, 4.69) is 84.1 Å². The summed E-state index contributed by atoms with van der Waals surface area (Å²) in [5.74, 6) is -13.9. The summed E-state index contributed by atoms with van der Waals surface area (Å²) in [6, 6.07) is -0.910. The molecule has 2 aromatic carbocycles. The van der Waals surface area contributed by atoms with Gasteiger partial charge in [-0.1, -0.05) is 90.4 Å². The quantitative estimate of drug-likeness (QED) is 0.0173. The van der Waals surface area contributed by atoms with Crippen LogP contribution >= 0.6 is 23.5 Å². The number of nitrogens with one attached hydrogen (secondary N) is 13. The Bertz CT molecular complexity index is 3680. The number of unbranched alkanes of at least 4 members (excludes halogenated alkanes) is 2. The first-order valence-electron chi connectivity index (χ1n) is 40.2. The predicted octanol–water partition coefficient (Wildman–Crippen LogP) is -4.39. The molecule has 0 aromatic heterocycles. The van der Waals surface area contributed by atoms with Crippen molar-refractivity contribution in [2.24, 2.45) is 84.3 Å². The maximum Gasteiger partial charge on any atom is 0.244 e. The first-order chi connectivity index (χ1) is 56.5. The third-order valence-corrected chi connectivity index (χ3v) is 21.2. The average molecular weight is 1710 g/mol. The molecule has 14 amide bonds. The van der Waals surface area contributed by atoms with Gasteiger partial charge < -0.3 is 126 Å². The van der Waals surface area contributed by atoms with E-state index >= 15 is 19.2 Å². The van der Waals surface area contributed by atoms with E-state index in [9.17, 15) is 53.1 Å². The highest BCUT2D eigenvalue weighted by molar-refractivity contribution is 8.16. The maximum absolute atomic E-state index is 15.2. The lowest BCUT2D eigenvalue weighted by atomic mass is 9.96. The number of primary amides is 1. The second kappa shape index (κ2) is 56.6. The Balaban J connectivity index is 2.31. The molecule has 12 atom stereocenters. The number of hydrogen-bond acceptors (Lipinski definition) is 22. The van der Waals surface area contributed by atoms with Crippen LogP contribution in [0.3, 0.4) is 0 Å². The van der Waals surface area contributed by atoms with E-state index in [1.165, 1.54) is 36.0 Å². The Hall–Kier alpha value is -10.7. The largest absolute Gasteiger partial charge is 0.508 e. The number of nitrogens with two attached hydrogens (primary N) is 9. The van der Waals surface area contributed by atoms with Gasteiger partial charge in [0.25, 0.3) is 0 Å². The summed E-state index contributed by atoms with van der Waals surface area (Å²) in [7, 11) is 0. The first-order valence-corrected chi connectivity index (χ1v) is 42.5. The Morgan fingerprint density at radius 2 is 0.941 bits per heavy atom. The molecule has 42 heteroatoms. The Kier molecular flexibility index (Phi) is 48.7. The lowest BCUT2D eigenvalue weighted by Gasteiger charge is -2.30. The van der Waals surface area contributed by atoms with Crippen LogP contribution < -0.4 is 121 Å². The number of benzene rings is 2. The van der Waals surface area contributed by atoms with Crippen LogP contribution in [0.1, 0.15) is 155 Å². The van der Waals surface area contributed by atoms with Crippen LogP contribution in [0.2, 0.25) is 0 Å². The van der Waals surface area contributed by atoms with Gasteiger partial charge in [-0.05, 0) is 144 Å². The zero-order valence-electron chi connectivity index (χ0n) is 69.1. The van der Waals surface area contributed by atoms with Crippen LogP contribution in [0.15, 0.2) is 69.6 Å². The fourth-order valence-electron chi connectivity index (χ4n) is 12.2. The number of phenolic OH excluding ortho intramolecular Hbond substituents is 1. The molecule has 0 aliphatic carbocycles. The average Bonchev–Trinajstić information content (AvgIpc) is 0.852. The standard InChI is InChI=1S/C77H129N25O15S2/c1-7-46(6)63-74(117)98-53(23-16-33-88-76(83)84)68(111)101-59(73(116)97-51(21-12-14-31-79)67(110)99-55(36-44(2)3)70(113)94-50(64(80)107)20-11-13-30-78)42-119-43-118-35-29-60(104)92-57(39-48-25-27-49(103)28-26-48)65(108)91-40-61(105)90-41-62(106)93-58(38-47-18-9-8-10-19-47)72(115)100-56(37-45(4)5)71(114)96-52(22-15-32-87-75(81)82)66(109)95-54(69(112)102-63)24-17-34-89-77(85)86/h8-10,18-19,25-28,44-46,50-59,63,103H,7,11-17,20-24,29-43,78-79H2,1-6H3,(H2,80,107)(H,90,105)(H,91,108)(H,92,104)(H,93,106)(H,94,113)(H,95,109)(H,96,114)(H,97,116)(H,98,117)(H,99,110)(H,100,115)(H,101,111)(H,102,112)(H4,81,82,87)(H4,83,84,88)(H4,85,86,89)/t46-,50-,51-,52-,53-,54-,55-,56-,57-,58-,59-,63-/m0/s1. The van der Waals surface area contributed by atoms with Crippen molar-refractivity contribution in [1.29, 1.82) is 0 Å². The predicted molar refractivity (Wildman–Crippen MR) is 457 cm³/mol. The van der Waals surface area contributed by atoms with E-state index in [-0.39, 0.29) is 168 Å². The minimum absolute atomic E-state index is 0.0191. The lowest BCUT2D eigenvalue weighted by Crippen LogP contribution is -2.61. The molecule has 0 unspecified atom stereocenters. The Morgan fingerprint density at radius 1 is 0.479 bits per heavy atom. The van der Waals surface area contributed by atoms with E-state index in [1.54, 1.807) is 58.0 Å². The summed E-state index contributed by atoms with van der Waals surface area (Å²) in [4.78, 5) is 213. The van der Waals surface area contributed by atoms with Gasteiger partial charge in [-0.3, -0.25) is 82.1 Å². The number of aliphatic imine (C=N–C) groups is 3. The molecular formula is C77H129N25O15S2. The smallest absolute Gasteiger partial charge is 0.244 e. The molecule has 2 aromatic rings. The van der Waals surface area contributed by atoms with Crippen molar-refractivity contribution in [2.75, 3.05) is 62.4 Å². The van der Waals surface area contributed by atoms with Crippen LogP contribution in [-0.2, 0) is 80.0 Å². The van der Waals surface area contributed by atoms with Crippen molar-refractivity contribution in [3.05, 3.63) is 65.7 Å². The Labute approximate surface area is 703 Å². The molecule has 1 saturated heterocycles. The van der Waals surface area contributed by atoms with E-state index < -0.39 is 168 Å². The van der Waals surface area contributed by atoms with Gasteiger partial charge in [0.05, 0.1) is 13.1 Å². The van der Waals surface area contributed by atoms with Gasteiger partial charge in [0.1, 0.15) is 72.2 Å². The number of guanidine groups is 3. The highest BCUT2D eigenvalue weighted by atomic mass is 32.2. The second-order valence-electron chi connectivity index (χ2n) is 29.9. The molecule has 0 saturated carbocycles. The fraction of sp³-hybridized carbons (Fsp3) is 0.623. The number of aromatic hydroxyl groups is 1. The summed E-state index contributed by atoms with van der Waals surface area (Å²) >= 11 is 2.36. The summed E-state index contributed by atoms with van der Waals surface area (Å²) in [6.07, 6.45) is 1.38. The number of carbonyl (C=O) groups excluding carboxylic acids is 14. The molecule has 1 aliphatic heterocycles. The van der Waals surface area contributed by atoms with Gasteiger partial charge in [0.2, 0.25) is 82.7 Å². The van der Waals surface area contributed by atoms with Gasteiger partial charge in [0.15, 0.2) is 17.9 Å². The molecule has 32 N–H and O–H groups in total. The first kappa shape index (κ1) is 102. The third-order valence-electron chi connectivity index (χ3n) is 18.8. The second-order valence-corrected chi connectivity index (χ2v) is 32.4. The number of thioether (sulfide) groups is 2. The SMILES string of the molecule is CC[C@H](C)[C@@H]1NC(=O)[C@H](CCCN=C(N)N)NC(=O)[C@H](CCCN=C(N)N)NC(=O)[C@H](CC(C)C)NC(=O)[C@H](Cc2ccccc2)NC(=O)CNC(=O)CNC(=O)[C@H](Cc2ccc(O)cc2)NC(=O)CCSCSC[C@@H](C(=O)N[C@@H](CCCCN)C(=O)N[C@@H](CC(C)C)C(=O)N[C@@H](CCCCN)C(N)=O)NC(=O)[C@H](CCCN=C(N)N)NC1=O. The van der Waals surface area contributed by atoms with E-state index in [4.69, 9.17) is 51.6 Å². The highest BCUT2D eigenvalue weighted by Gasteiger charge is 2.38. The number of phenols is 1. The summed E-state index contributed by atoms with van der Waals surface area (Å²) in [5.41, 5.74) is 52.4. The van der Waals surface area contributed by atoms with Crippen molar-refractivity contribution in [2.45, 2.75) is 224 Å². The van der Waals surface area contributed by atoms with Gasteiger partial charge >= 0.3 is 0 Å². The lowest BCUT2D eigenvalue weighted by molar-refractivity contribution is -0.136. The topological polar surface area (TPSA) is 687 Å². The third kappa shape index (κ3) is 42.5. The van der Waals surface area contributed by atoms with Crippen LogP contribution in [-0.4, -0.2) is 235 Å². The number of carbonyl (C=O) groups is 14. The number of hydrogen-bond donors (Lipinski definition) is 23. The summed E-state index contributed by atoms with van der Waals surface area (Å²) < 4.78 is 0. The summed E-state index contributed by atoms with van der Waals surface area (Å²) in [6.45, 7) is 9.55. The van der Waals surface area contributed by atoms with Crippen molar-refractivity contribution >= 4 is 124 Å². The molecule has 119 heavy (non-hydrogen) atoms. The number of amides is 14. The van der Waals surface area contributed by atoms with Gasteiger partial charge in [-0.15, -0.1) is 11.8 Å². The van der Waals surface area contributed by atoms with Crippen LogP contribution in [0, 0.1) is 17.8 Å².